The SMILES string of the molecule is O=C1OC(c2ccc([N+](=O)[O-])cc2)=N/C1=C\c1ccccc1Cl. The predicted octanol–water partition coefficient (Wildman–Crippen LogP) is 3.59. The van der Waals surface area contributed by atoms with Gasteiger partial charge in [0.25, 0.3) is 5.69 Å². The first kappa shape index (κ1) is 14.9. The number of cyclic esters (lactones) is 1. The van der Waals surface area contributed by atoms with Crippen molar-refractivity contribution in [3.63, 3.8) is 0 Å². The highest BCUT2D eigenvalue weighted by Gasteiger charge is 2.24. The van der Waals surface area contributed by atoms with Crippen LogP contribution in [0.1, 0.15) is 11.1 Å². The predicted molar refractivity (Wildman–Crippen MR) is 85.2 cm³/mol. The third-order valence-corrected chi connectivity index (χ3v) is 3.49. The number of carbonyl (C=O) groups excluding carboxylic acids is 1. The molecule has 0 fully saturated rings. The Morgan fingerprint density at radius 3 is 2.48 bits per heavy atom. The van der Waals surface area contributed by atoms with E-state index in [1.807, 2.05) is 0 Å². The second kappa shape index (κ2) is 6.02. The van der Waals surface area contributed by atoms with Gasteiger partial charge in [-0.15, -0.1) is 0 Å². The van der Waals surface area contributed by atoms with E-state index in [0.717, 1.165) is 0 Å². The molecule has 0 aromatic heterocycles. The minimum atomic E-state index is -0.599. The number of nitrogens with zero attached hydrogens (tertiary/aromatic N) is 2. The number of aliphatic imine (C=N–C) groups is 1. The molecule has 0 radical (unpaired) electrons. The van der Waals surface area contributed by atoms with Gasteiger partial charge in [0.05, 0.1) is 4.92 Å². The Balaban J connectivity index is 1.92. The molecule has 0 saturated heterocycles. The summed E-state index contributed by atoms with van der Waals surface area (Å²) in [7, 11) is 0. The Morgan fingerprint density at radius 2 is 1.83 bits per heavy atom. The molecule has 23 heavy (non-hydrogen) atoms. The van der Waals surface area contributed by atoms with Crippen LogP contribution in [0.5, 0.6) is 0 Å². The quantitative estimate of drug-likeness (QED) is 0.373. The van der Waals surface area contributed by atoms with E-state index in [2.05, 4.69) is 4.99 Å². The van der Waals surface area contributed by atoms with Crippen molar-refractivity contribution in [2.75, 3.05) is 0 Å². The van der Waals surface area contributed by atoms with Crippen molar-refractivity contribution in [1.82, 2.24) is 0 Å². The Hall–Kier alpha value is -2.99. The van der Waals surface area contributed by atoms with Crippen LogP contribution in [0.2, 0.25) is 5.02 Å². The van der Waals surface area contributed by atoms with Gasteiger partial charge in [-0.05, 0) is 29.8 Å². The molecule has 2 aromatic rings. The van der Waals surface area contributed by atoms with Gasteiger partial charge >= 0.3 is 5.97 Å². The van der Waals surface area contributed by atoms with E-state index < -0.39 is 10.9 Å². The number of rotatable bonds is 3. The molecule has 114 valence electrons. The van der Waals surface area contributed by atoms with Gasteiger partial charge in [-0.3, -0.25) is 10.1 Å². The Labute approximate surface area is 135 Å². The van der Waals surface area contributed by atoms with E-state index in [4.69, 9.17) is 16.3 Å². The zero-order valence-electron chi connectivity index (χ0n) is 11.6. The maximum absolute atomic E-state index is 11.9. The fraction of sp³-hybridized carbons (Fsp3) is 0. The number of nitro groups is 1. The summed E-state index contributed by atoms with van der Waals surface area (Å²) in [5.41, 5.74) is 1.19. The standard InChI is InChI=1S/C16H9ClN2O4/c17-13-4-2-1-3-11(13)9-14-16(20)23-15(18-14)10-5-7-12(8-6-10)19(21)22/h1-9H/b14-9-. The third-order valence-electron chi connectivity index (χ3n) is 3.14. The van der Waals surface area contributed by atoms with E-state index in [0.29, 0.717) is 16.1 Å². The summed E-state index contributed by atoms with van der Waals surface area (Å²) in [5.74, 6) is -0.499. The average Bonchev–Trinajstić information content (AvgIpc) is 2.91. The molecule has 2 aromatic carbocycles. The van der Waals surface area contributed by atoms with Gasteiger partial charge in [-0.2, -0.15) is 0 Å². The third kappa shape index (κ3) is 3.12. The average molecular weight is 329 g/mol. The number of halogens is 1. The molecule has 0 bridgehead atoms. The van der Waals surface area contributed by atoms with Crippen LogP contribution >= 0.6 is 11.6 Å². The summed E-state index contributed by atoms with van der Waals surface area (Å²) < 4.78 is 5.10. The molecule has 0 saturated carbocycles. The Kier molecular flexibility index (Phi) is 3.91. The highest BCUT2D eigenvalue weighted by atomic mass is 35.5. The minimum Gasteiger partial charge on any atom is -0.402 e. The van der Waals surface area contributed by atoms with Crippen molar-refractivity contribution in [3.8, 4) is 0 Å². The fourth-order valence-electron chi connectivity index (χ4n) is 2.00. The first-order valence-electron chi connectivity index (χ1n) is 6.56. The van der Waals surface area contributed by atoms with Gasteiger partial charge < -0.3 is 4.74 Å². The van der Waals surface area contributed by atoms with Crippen molar-refractivity contribution in [3.05, 3.63) is 80.5 Å². The zero-order chi connectivity index (χ0) is 16.4. The van der Waals surface area contributed by atoms with Crippen molar-refractivity contribution < 1.29 is 14.5 Å². The number of nitro benzene ring substituents is 1. The van der Waals surface area contributed by atoms with Crippen LogP contribution in [-0.4, -0.2) is 16.8 Å². The maximum atomic E-state index is 11.9. The molecule has 0 spiro atoms. The van der Waals surface area contributed by atoms with Crippen LogP contribution in [0.3, 0.4) is 0 Å². The summed E-state index contributed by atoms with van der Waals surface area (Å²) in [6, 6.07) is 12.6. The van der Waals surface area contributed by atoms with E-state index in [1.165, 1.54) is 30.3 Å². The molecule has 1 aliphatic rings. The van der Waals surface area contributed by atoms with Gasteiger partial charge in [0.15, 0.2) is 5.70 Å². The second-order valence-electron chi connectivity index (χ2n) is 4.66. The molecule has 3 rings (SSSR count). The largest absolute Gasteiger partial charge is 0.402 e. The van der Waals surface area contributed by atoms with Crippen molar-refractivity contribution in [2.24, 2.45) is 4.99 Å². The molecular formula is C16H9ClN2O4. The number of hydrogen-bond donors (Lipinski definition) is 0. The van der Waals surface area contributed by atoms with Crippen molar-refractivity contribution in [1.29, 1.82) is 0 Å². The summed E-state index contributed by atoms with van der Waals surface area (Å²) in [4.78, 5) is 26.2. The minimum absolute atomic E-state index is 0.0505. The van der Waals surface area contributed by atoms with Crippen LogP contribution in [0.4, 0.5) is 5.69 Å². The van der Waals surface area contributed by atoms with Crippen LogP contribution < -0.4 is 0 Å². The number of ether oxygens (including phenoxy) is 1. The van der Waals surface area contributed by atoms with E-state index in [1.54, 1.807) is 24.3 Å². The van der Waals surface area contributed by atoms with Crippen LogP contribution in [0, 0.1) is 10.1 Å². The normalized spacial score (nSPS) is 15.4. The molecule has 1 heterocycles. The monoisotopic (exact) mass is 328 g/mol. The number of hydrogen-bond acceptors (Lipinski definition) is 5. The Bertz CT molecular complexity index is 857. The second-order valence-corrected chi connectivity index (χ2v) is 5.07. The Morgan fingerprint density at radius 1 is 1.13 bits per heavy atom. The number of esters is 1. The fourth-order valence-corrected chi connectivity index (χ4v) is 2.19. The van der Waals surface area contributed by atoms with Gasteiger partial charge in [-0.1, -0.05) is 29.8 Å². The van der Waals surface area contributed by atoms with Gasteiger partial charge in [-0.25, -0.2) is 9.79 Å². The maximum Gasteiger partial charge on any atom is 0.363 e. The molecule has 7 heteroatoms. The van der Waals surface area contributed by atoms with Crippen molar-refractivity contribution in [2.45, 2.75) is 0 Å². The van der Waals surface area contributed by atoms with Gasteiger partial charge in [0, 0.05) is 22.7 Å². The number of carbonyl (C=O) groups is 1. The molecule has 1 aliphatic heterocycles. The van der Waals surface area contributed by atoms with E-state index in [-0.39, 0.29) is 17.3 Å². The lowest BCUT2D eigenvalue weighted by atomic mass is 10.2. The van der Waals surface area contributed by atoms with E-state index >= 15 is 0 Å². The summed E-state index contributed by atoms with van der Waals surface area (Å²) in [6.45, 7) is 0. The topological polar surface area (TPSA) is 81.8 Å². The van der Waals surface area contributed by atoms with Gasteiger partial charge in [0.1, 0.15) is 0 Å². The van der Waals surface area contributed by atoms with Crippen molar-refractivity contribution >= 4 is 35.2 Å². The zero-order valence-corrected chi connectivity index (χ0v) is 12.4. The van der Waals surface area contributed by atoms with Crippen LogP contribution in [-0.2, 0) is 9.53 Å². The highest BCUT2D eigenvalue weighted by molar-refractivity contribution is 6.32. The molecule has 0 amide bonds. The lowest BCUT2D eigenvalue weighted by Crippen LogP contribution is -2.05. The first-order valence-corrected chi connectivity index (χ1v) is 6.94. The smallest absolute Gasteiger partial charge is 0.363 e. The highest BCUT2D eigenvalue weighted by Crippen LogP contribution is 2.23. The molecular weight excluding hydrogens is 320 g/mol. The summed E-state index contributed by atoms with van der Waals surface area (Å²) >= 11 is 6.04. The van der Waals surface area contributed by atoms with Crippen LogP contribution in [0.15, 0.2) is 59.2 Å². The molecule has 0 aliphatic carbocycles. The molecule has 0 unspecified atom stereocenters. The number of benzene rings is 2. The summed E-state index contributed by atoms with van der Waals surface area (Å²) in [6.07, 6.45) is 1.53. The first-order chi connectivity index (χ1) is 11.0. The summed E-state index contributed by atoms with van der Waals surface area (Å²) in [5, 5.41) is 11.1. The number of non-ortho nitro benzene ring substituents is 1. The van der Waals surface area contributed by atoms with E-state index in [9.17, 15) is 14.9 Å². The molecule has 6 nitrogen and oxygen atoms in total. The van der Waals surface area contributed by atoms with Gasteiger partial charge in [0.2, 0.25) is 5.90 Å². The lowest BCUT2D eigenvalue weighted by molar-refractivity contribution is -0.384. The lowest BCUT2D eigenvalue weighted by Gasteiger charge is -1.98. The van der Waals surface area contributed by atoms with Crippen LogP contribution in [0.25, 0.3) is 6.08 Å². The molecule has 0 N–H and O–H groups in total. The molecule has 0 atom stereocenters.